The Kier molecular flexibility index (Phi) is 6.44. The van der Waals surface area contributed by atoms with Crippen molar-refractivity contribution in [2.45, 2.75) is 26.1 Å². The third-order valence-corrected chi connectivity index (χ3v) is 5.67. The number of rotatable bonds is 6. The molecule has 1 amide bonds. The minimum atomic E-state index is -0.291. The van der Waals surface area contributed by atoms with Gasteiger partial charge in [-0.1, -0.05) is 23.7 Å². The summed E-state index contributed by atoms with van der Waals surface area (Å²) in [6.45, 7) is 2.88. The summed E-state index contributed by atoms with van der Waals surface area (Å²) in [6.07, 6.45) is 2.11. The molecule has 3 heterocycles. The Hall–Kier alpha value is -3.03. The highest BCUT2D eigenvalue weighted by Gasteiger charge is 2.25. The Bertz CT molecular complexity index is 1120. The lowest BCUT2D eigenvalue weighted by atomic mass is 10.1. The Balaban J connectivity index is 1.58. The van der Waals surface area contributed by atoms with Gasteiger partial charge in [0.1, 0.15) is 17.1 Å². The van der Waals surface area contributed by atoms with Gasteiger partial charge in [0.2, 0.25) is 0 Å². The zero-order chi connectivity index (χ0) is 21.8. The normalized spacial score (nSPS) is 14.0. The maximum absolute atomic E-state index is 13.0. The van der Waals surface area contributed by atoms with Crippen molar-refractivity contribution in [1.82, 2.24) is 14.8 Å². The summed E-state index contributed by atoms with van der Waals surface area (Å²) in [5.41, 5.74) is 2.03. The first-order valence-corrected chi connectivity index (χ1v) is 10.5. The summed E-state index contributed by atoms with van der Waals surface area (Å²) in [7, 11) is 1.47. The van der Waals surface area contributed by atoms with Crippen molar-refractivity contribution in [2.24, 2.45) is 0 Å². The van der Waals surface area contributed by atoms with Crippen LogP contribution in [0.15, 0.2) is 57.9 Å². The minimum absolute atomic E-state index is 0.168. The molecule has 0 radical (unpaired) electrons. The van der Waals surface area contributed by atoms with E-state index < -0.39 is 0 Å². The lowest BCUT2D eigenvalue weighted by molar-refractivity contribution is 0.0942. The number of carbonyl (C=O) groups excluding carboxylic acids is 1. The number of halogens is 1. The highest BCUT2D eigenvalue weighted by Crippen LogP contribution is 2.23. The van der Waals surface area contributed by atoms with E-state index >= 15 is 0 Å². The van der Waals surface area contributed by atoms with Gasteiger partial charge >= 0.3 is 0 Å². The van der Waals surface area contributed by atoms with Gasteiger partial charge in [0, 0.05) is 49.4 Å². The van der Waals surface area contributed by atoms with E-state index in [1.807, 2.05) is 24.3 Å². The Morgan fingerprint density at radius 3 is 2.81 bits per heavy atom. The van der Waals surface area contributed by atoms with Crippen LogP contribution in [0.1, 0.15) is 27.4 Å². The van der Waals surface area contributed by atoms with Crippen molar-refractivity contribution < 1.29 is 13.9 Å². The first-order chi connectivity index (χ1) is 15.0. The van der Waals surface area contributed by atoms with Crippen molar-refractivity contribution in [3.63, 3.8) is 0 Å². The van der Waals surface area contributed by atoms with Crippen molar-refractivity contribution in [3.05, 3.63) is 86.7 Å². The number of carbonyl (C=O) groups is 1. The average molecular weight is 442 g/mol. The summed E-state index contributed by atoms with van der Waals surface area (Å²) >= 11 is 6.12. The highest BCUT2D eigenvalue weighted by molar-refractivity contribution is 6.30. The minimum Gasteiger partial charge on any atom is -0.496 e. The van der Waals surface area contributed by atoms with E-state index in [2.05, 4.69) is 10.2 Å². The molecule has 0 unspecified atom stereocenters. The molecule has 0 aliphatic carbocycles. The van der Waals surface area contributed by atoms with Gasteiger partial charge in [-0.05, 0) is 29.8 Å². The van der Waals surface area contributed by atoms with Crippen LogP contribution in [-0.4, -0.2) is 35.6 Å². The zero-order valence-corrected chi connectivity index (χ0v) is 18.0. The number of pyridine rings is 1. The van der Waals surface area contributed by atoms with Gasteiger partial charge in [-0.3, -0.25) is 14.5 Å². The van der Waals surface area contributed by atoms with E-state index in [0.717, 1.165) is 12.1 Å². The molecule has 0 spiro atoms. The smallest absolute Gasteiger partial charge is 0.257 e. The number of ether oxygens (including phenoxy) is 1. The number of nitrogens with zero attached hydrogens (tertiary/aromatic N) is 2. The SMILES string of the molecule is COc1cc(=O)n2c(c1C(=O)NCc1ccco1)CCN(Cc1cccc(Cl)c1)CC2. The quantitative estimate of drug-likeness (QED) is 0.636. The van der Waals surface area contributed by atoms with Crippen LogP contribution < -0.4 is 15.6 Å². The lowest BCUT2D eigenvalue weighted by Crippen LogP contribution is -2.31. The number of amides is 1. The van der Waals surface area contributed by atoms with Gasteiger partial charge in [-0.15, -0.1) is 0 Å². The van der Waals surface area contributed by atoms with E-state index in [9.17, 15) is 9.59 Å². The van der Waals surface area contributed by atoms with Crippen LogP contribution in [0.2, 0.25) is 5.02 Å². The number of benzene rings is 1. The molecule has 1 N–H and O–H groups in total. The van der Waals surface area contributed by atoms with E-state index in [-0.39, 0.29) is 23.8 Å². The van der Waals surface area contributed by atoms with Crippen LogP contribution in [0.4, 0.5) is 0 Å². The standard InChI is InChI=1S/C23H24ClN3O4/c1-30-20-13-21(28)27-10-9-26(15-16-4-2-5-17(24)12-16)8-7-19(27)22(20)23(29)25-14-18-6-3-11-31-18/h2-6,11-13H,7-10,14-15H2,1H3,(H,25,29). The Morgan fingerprint density at radius 2 is 2.06 bits per heavy atom. The molecule has 0 saturated heterocycles. The molecule has 1 aromatic carbocycles. The molecule has 4 rings (SSSR count). The van der Waals surface area contributed by atoms with Crippen LogP contribution >= 0.6 is 11.6 Å². The molecule has 0 saturated carbocycles. The second-order valence-electron chi connectivity index (χ2n) is 7.44. The summed E-state index contributed by atoms with van der Waals surface area (Å²) in [5, 5.41) is 3.57. The number of fused-ring (bicyclic) bond motifs is 1. The van der Waals surface area contributed by atoms with E-state index in [1.54, 1.807) is 23.0 Å². The Morgan fingerprint density at radius 1 is 1.19 bits per heavy atom. The number of hydrogen-bond donors (Lipinski definition) is 1. The van der Waals surface area contributed by atoms with Crippen LogP contribution in [0.5, 0.6) is 5.75 Å². The van der Waals surface area contributed by atoms with Crippen molar-refractivity contribution in [2.75, 3.05) is 20.2 Å². The molecular formula is C23H24ClN3O4. The molecule has 3 aromatic rings. The molecule has 31 heavy (non-hydrogen) atoms. The van der Waals surface area contributed by atoms with Crippen molar-refractivity contribution in [3.8, 4) is 5.75 Å². The predicted molar refractivity (Wildman–Crippen MR) is 118 cm³/mol. The Labute approximate surface area is 185 Å². The highest BCUT2D eigenvalue weighted by atomic mass is 35.5. The molecule has 0 bridgehead atoms. The molecule has 162 valence electrons. The molecule has 1 aliphatic heterocycles. The largest absolute Gasteiger partial charge is 0.496 e. The van der Waals surface area contributed by atoms with E-state index in [4.69, 9.17) is 20.8 Å². The molecular weight excluding hydrogens is 418 g/mol. The van der Waals surface area contributed by atoms with Gasteiger partial charge in [0.05, 0.1) is 19.9 Å². The van der Waals surface area contributed by atoms with Gasteiger partial charge in [-0.25, -0.2) is 0 Å². The van der Waals surface area contributed by atoms with Gasteiger partial charge < -0.3 is 19.0 Å². The topological polar surface area (TPSA) is 76.7 Å². The van der Waals surface area contributed by atoms with Crippen molar-refractivity contribution >= 4 is 17.5 Å². The third kappa shape index (κ3) is 4.84. The van der Waals surface area contributed by atoms with Crippen molar-refractivity contribution in [1.29, 1.82) is 0 Å². The van der Waals surface area contributed by atoms with Gasteiger partial charge in [0.25, 0.3) is 11.5 Å². The third-order valence-electron chi connectivity index (χ3n) is 5.43. The number of methoxy groups -OCH3 is 1. The monoisotopic (exact) mass is 441 g/mol. The molecule has 0 atom stereocenters. The van der Waals surface area contributed by atoms with E-state index in [1.165, 1.54) is 13.2 Å². The lowest BCUT2D eigenvalue weighted by Gasteiger charge is -2.19. The molecule has 7 nitrogen and oxygen atoms in total. The number of aromatic nitrogens is 1. The fourth-order valence-electron chi connectivity index (χ4n) is 3.92. The summed E-state index contributed by atoms with van der Waals surface area (Å²) in [6, 6.07) is 12.7. The average Bonchev–Trinajstić information content (AvgIpc) is 3.19. The van der Waals surface area contributed by atoms with Gasteiger partial charge in [0.15, 0.2) is 0 Å². The molecule has 2 aromatic heterocycles. The fourth-order valence-corrected chi connectivity index (χ4v) is 4.13. The summed E-state index contributed by atoms with van der Waals surface area (Å²) < 4.78 is 12.4. The number of nitrogens with one attached hydrogen (secondary N) is 1. The number of hydrogen-bond acceptors (Lipinski definition) is 5. The second-order valence-corrected chi connectivity index (χ2v) is 7.88. The maximum Gasteiger partial charge on any atom is 0.257 e. The molecule has 0 fully saturated rings. The van der Waals surface area contributed by atoms with Crippen LogP contribution in [0.25, 0.3) is 0 Å². The zero-order valence-electron chi connectivity index (χ0n) is 17.3. The summed E-state index contributed by atoms with van der Waals surface area (Å²) in [4.78, 5) is 28.0. The maximum atomic E-state index is 13.0. The van der Waals surface area contributed by atoms with Gasteiger partial charge in [-0.2, -0.15) is 0 Å². The first kappa shape index (κ1) is 21.2. The second kappa shape index (κ2) is 9.41. The molecule has 1 aliphatic rings. The fraction of sp³-hybridized carbons (Fsp3) is 0.304. The van der Waals surface area contributed by atoms with Crippen LogP contribution in [0.3, 0.4) is 0 Å². The van der Waals surface area contributed by atoms with E-state index in [0.29, 0.717) is 48.1 Å². The summed E-state index contributed by atoms with van der Waals surface area (Å²) in [5.74, 6) is 0.649. The number of furan rings is 1. The first-order valence-electron chi connectivity index (χ1n) is 10.1. The molecule has 8 heteroatoms. The van der Waals surface area contributed by atoms with Crippen LogP contribution in [-0.2, 0) is 26.1 Å². The predicted octanol–water partition coefficient (Wildman–Crippen LogP) is 3.09. The van der Waals surface area contributed by atoms with Crippen LogP contribution in [0, 0.1) is 0 Å².